The minimum Gasteiger partial charge on any atom is -0.478 e. The number of nitrogens with one attached hydrogen (secondary N) is 1. The van der Waals surface area contributed by atoms with Crippen LogP contribution in [-0.2, 0) is 4.79 Å². The highest BCUT2D eigenvalue weighted by Crippen LogP contribution is 2.31. The first-order valence-electron chi connectivity index (χ1n) is 10.3. The van der Waals surface area contributed by atoms with Crippen LogP contribution in [0.5, 0.6) is 0 Å². The predicted octanol–water partition coefficient (Wildman–Crippen LogP) is 4.69. The van der Waals surface area contributed by atoms with Crippen molar-refractivity contribution in [3.05, 3.63) is 87.1 Å². The van der Waals surface area contributed by atoms with Crippen LogP contribution in [0.4, 0.5) is 5.69 Å². The van der Waals surface area contributed by atoms with Crippen molar-refractivity contribution in [2.75, 3.05) is 0 Å². The molecule has 3 aromatic rings. The van der Waals surface area contributed by atoms with Crippen LogP contribution >= 0.6 is 11.8 Å². The maximum Gasteiger partial charge on any atom is 0.335 e. The van der Waals surface area contributed by atoms with Crippen LogP contribution in [0.2, 0.25) is 0 Å². The number of hydrogen-bond acceptors (Lipinski definition) is 5. The average Bonchev–Trinajstić information content (AvgIpc) is 3.27. The number of aliphatic imine (C=N–C) groups is 1. The number of rotatable bonds is 5. The van der Waals surface area contributed by atoms with Gasteiger partial charge >= 0.3 is 11.9 Å². The number of aromatic carboxylic acids is 2. The van der Waals surface area contributed by atoms with Crippen molar-refractivity contribution in [1.82, 2.24) is 9.88 Å². The van der Waals surface area contributed by atoms with E-state index in [9.17, 15) is 24.6 Å². The summed E-state index contributed by atoms with van der Waals surface area (Å²) >= 11 is 1.23. The second-order valence-electron chi connectivity index (χ2n) is 7.86. The number of benzene rings is 2. The van der Waals surface area contributed by atoms with Gasteiger partial charge in [-0.25, -0.2) is 14.6 Å². The Hall–Kier alpha value is -4.11. The maximum absolute atomic E-state index is 12.5. The van der Waals surface area contributed by atoms with E-state index < -0.39 is 11.9 Å². The molecule has 34 heavy (non-hydrogen) atoms. The van der Waals surface area contributed by atoms with E-state index in [0.29, 0.717) is 15.8 Å². The molecule has 2 aromatic carbocycles. The van der Waals surface area contributed by atoms with Gasteiger partial charge in [-0.05, 0) is 80.6 Å². The molecule has 0 aliphatic carbocycles. The highest BCUT2D eigenvalue weighted by molar-refractivity contribution is 8.18. The molecule has 0 bridgehead atoms. The standard InChI is InChI=1S/C25H21N3O5S/c1-13-4-6-19(7-5-13)26-25-27-22(29)21(34-25)12-16-8-14(2)28(15(16)3)20-10-17(23(30)31)9-18(11-20)24(32)33/h4-12H,1-3H3,(H,30,31)(H,32,33)(H,26,27,29)/b21-12-. The van der Waals surface area contributed by atoms with Gasteiger partial charge in [0.05, 0.1) is 21.7 Å². The molecule has 172 valence electrons. The van der Waals surface area contributed by atoms with Gasteiger partial charge in [0.15, 0.2) is 5.17 Å². The zero-order chi connectivity index (χ0) is 24.6. The summed E-state index contributed by atoms with van der Waals surface area (Å²) in [6.07, 6.45) is 1.75. The first-order valence-corrected chi connectivity index (χ1v) is 11.1. The summed E-state index contributed by atoms with van der Waals surface area (Å²) in [6.45, 7) is 5.64. The molecule has 0 radical (unpaired) electrons. The lowest BCUT2D eigenvalue weighted by atomic mass is 10.1. The van der Waals surface area contributed by atoms with Gasteiger partial charge in [0.25, 0.3) is 5.91 Å². The van der Waals surface area contributed by atoms with E-state index in [1.165, 1.54) is 23.9 Å². The molecule has 0 atom stereocenters. The molecule has 4 rings (SSSR count). The summed E-state index contributed by atoms with van der Waals surface area (Å²) in [6, 6.07) is 13.5. The minimum absolute atomic E-state index is 0.120. The number of hydrogen-bond donors (Lipinski definition) is 3. The number of carbonyl (C=O) groups is 3. The van der Waals surface area contributed by atoms with Crippen molar-refractivity contribution in [3.8, 4) is 5.69 Å². The van der Waals surface area contributed by atoms with Crippen LogP contribution in [0.25, 0.3) is 11.8 Å². The summed E-state index contributed by atoms with van der Waals surface area (Å²) in [5.41, 5.74) is 4.29. The van der Waals surface area contributed by atoms with Crippen LogP contribution in [0, 0.1) is 20.8 Å². The molecule has 1 aliphatic rings. The van der Waals surface area contributed by atoms with Gasteiger partial charge in [-0.2, -0.15) is 0 Å². The van der Waals surface area contributed by atoms with Crippen molar-refractivity contribution in [2.45, 2.75) is 20.8 Å². The third kappa shape index (κ3) is 4.65. The maximum atomic E-state index is 12.5. The van der Waals surface area contributed by atoms with E-state index in [2.05, 4.69) is 10.3 Å². The molecule has 9 heteroatoms. The minimum atomic E-state index is -1.21. The van der Waals surface area contributed by atoms with Crippen LogP contribution < -0.4 is 5.32 Å². The Labute approximate surface area is 199 Å². The number of carbonyl (C=O) groups excluding carboxylic acids is 1. The highest BCUT2D eigenvalue weighted by atomic mass is 32.2. The first kappa shape index (κ1) is 23.1. The Kier molecular flexibility index (Phi) is 6.12. The number of carboxylic acid groups (broad SMARTS) is 2. The highest BCUT2D eigenvalue weighted by Gasteiger charge is 2.25. The van der Waals surface area contributed by atoms with Gasteiger partial charge in [0.2, 0.25) is 0 Å². The van der Waals surface area contributed by atoms with Crippen molar-refractivity contribution < 1.29 is 24.6 Å². The quantitative estimate of drug-likeness (QED) is 0.460. The van der Waals surface area contributed by atoms with Gasteiger partial charge in [-0.3, -0.25) is 4.79 Å². The summed E-state index contributed by atoms with van der Waals surface area (Å²) in [5, 5.41) is 22.0. The van der Waals surface area contributed by atoms with E-state index >= 15 is 0 Å². The Balaban J connectivity index is 1.70. The summed E-state index contributed by atoms with van der Waals surface area (Å²) in [4.78, 5) is 40.5. The zero-order valence-corrected chi connectivity index (χ0v) is 19.4. The number of carboxylic acids is 2. The number of aromatic nitrogens is 1. The number of thioether (sulfide) groups is 1. The molecule has 0 spiro atoms. The Bertz CT molecular complexity index is 1370. The fourth-order valence-electron chi connectivity index (χ4n) is 3.68. The van der Waals surface area contributed by atoms with E-state index in [1.54, 1.807) is 10.6 Å². The Morgan fingerprint density at radius 2 is 1.59 bits per heavy atom. The van der Waals surface area contributed by atoms with Crippen molar-refractivity contribution in [3.63, 3.8) is 0 Å². The number of amides is 1. The van der Waals surface area contributed by atoms with Crippen LogP contribution in [0.1, 0.15) is 43.2 Å². The van der Waals surface area contributed by atoms with Crippen LogP contribution in [0.3, 0.4) is 0 Å². The molecule has 1 amide bonds. The molecule has 1 saturated heterocycles. The lowest BCUT2D eigenvalue weighted by Gasteiger charge is -2.12. The molecule has 2 heterocycles. The lowest BCUT2D eigenvalue weighted by Crippen LogP contribution is -2.19. The van der Waals surface area contributed by atoms with Gasteiger partial charge in [0.1, 0.15) is 0 Å². The van der Waals surface area contributed by atoms with Gasteiger partial charge in [-0.1, -0.05) is 17.7 Å². The monoisotopic (exact) mass is 475 g/mol. The normalized spacial score (nSPS) is 15.7. The molecule has 8 nitrogen and oxygen atoms in total. The molecule has 0 saturated carbocycles. The second kappa shape index (κ2) is 9.03. The summed E-state index contributed by atoms with van der Waals surface area (Å²) in [7, 11) is 0. The number of nitrogens with zero attached hydrogens (tertiary/aromatic N) is 2. The lowest BCUT2D eigenvalue weighted by molar-refractivity contribution is -0.115. The fraction of sp³-hybridized carbons (Fsp3) is 0.120. The number of amidine groups is 1. The average molecular weight is 476 g/mol. The molecule has 3 N–H and O–H groups in total. The van der Waals surface area contributed by atoms with Crippen LogP contribution in [0.15, 0.2) is 58.4 Å². The summed E-state index contributed by atoms with van der Waals surface area (Å²) in [5.74, 6) is -2.69. The molecule has 0 unspecified atom stereocenters. The second-order valence-corrected chi connectivity index (χ2v) is 8.89. The van der Waals surface area contributed by atoms with Crippen molar-refractivity contribution in [2.24, 2.45) is 4.99 Å². The summed E-state index contributed by atoms with van der Waals surface area (Å²) < 4.78 is 1.77. The van der Waals surface area contributed by atoms with Gasteiger partial charge < -0.3 is 20.1 Å². The largest absolute Gasteiger partial charge is 0.478 e. The van der Waals surface area contributed by atoms with Crippen molar-refractivity contribution in [1.29, 1.82) is 0 Å². The Morgan fingerprint density at radius 3 is 2.18 bits per heavy atom. The van der Waals surface area contributed by atoms with E-state index in [1.807, 2.05) is 51.1 Å². The molecule has 1 fully saturated rings. The molecular formula is C25H21N3O5S. The third-order valence-electron chi connectivity index (χ3n) is 5.34. The van der Waals surface area contributed by atoms with E-state index in [0.717, 1.165) is 34.3 Å². The predicted molar refractivity (Wildman–Crippen MR) is 131 cm³/mol. The zero-order valence-electron chi connectivity index (χ0n) is 18.6. The third-order valence-corrected chi connectivity index (χ3v) is 6.25. The molecule has 1 aromatic heterocycles. The topological polar surface area (TPSA) is 121 Å². The Morgan fingerprint density at radius 1 is 0.971 bits per heavy atom. The van der Waals surface area contributed by atoms with E-state index in [4.69, 9.17) is 0 Å². The van der Waals surface area contributed by atoms with Crippen LogP contribution in [-0.4, -0.2) is 37.8 Å². The SMILES string of the molecule is Cc1ccc(N=C2NC(=O)/C(=C/c3cc(C)n(-c4cc(C(=O)O)cc(C(=O)O)c4)c3C)S2)cc1. The molecular weight excluding hydrogens is 454 g/mol. The van der Waals surface area contributed by atoms with Gasteiger partial charge in [0, 0.05) is 17.1 Å². The first-order chi connectivity index (χ1) is 16.1. The number of aryl methyl sites for hydroxylation is 2. The van der Waals surface area contributed by atoms with E-state index in [-0.39, 0.29) is 17.0 Å². The fourth-order valence-corrected chi connectivity index (χ4v) is 4.51. The van der Waals surface area contributed by atoms with Crippen molar-refractivity contribution >= 4 is 46.5 Å². The smallest absolute Gasteiger partial charge is 0.335 e. The van der Waals surface area contributed by atoms with Gasteiger partial charge in [-0.15, -0.1) is 0 Å². The molecule has 1 aliphatic heterocycles.